The minimum atomic E-state index is -1.08. The molecule has 0 spiro atoms. The molecular weight excluding hydrogens is 195 g/mol. The molecule has 0 atom stereocenters. The molecule has 0 bridgehead atoms. The molecule has 1 aliphatic heterocycles. The number of hydrogen-bond acceptors (Lipinski definition) is 4. The molecule has 1 heterocycles. The van der Waals surface area contributed by atoms with Gasteiger partial charge in [0.2, 0.25) is 0 Å². The molecule has 0 aliphatic carbocycles. The summed E-state index contributed by atoms with van der Waals surface area (Å²) in [5.41, 5.74) is 0. The summed E-state index contributed by atoms with van der Waals surface area (Å²) < 4.78 is 0. The molecular formula is C8H15KN2O2. The SMILES string of the molecule is CC(=O)[O-].CCN1C=CN(C)C1.[K+]. The second-order valence-electron chi connectivity index (χ2n) is 2.59. The van der Waals surface area contributed by atoms with Crippen LogP contribution in [0.15, 0.2) is 12.4 Å². The van der Waals surface area contributed by atoms with Crippen molar-refractivity contribution < 1.29 is 61.3 Å². The molecule has 5 heteroatoms. The van der Waals surface area contributed by atoms with Crippen LogP contribution >= 0.6 is 0 Å². The number of hydrogen-bond donors (Lipinski definition) is 0. The third-order valence-corrected chi connectivity index (χ3v) is 1.34. The Kier molecular flexibility index (Phi) is 11.0. The fraction of sp³-hybridized carbons (Fsp3) is 0.625. The van der Waals surface area contributed by atoms with E-state index in [-0.39, 0.29) is 51.4 Å². The van der Waals surface area contributed by atoms with Crippen LogP contribution in [0.25, 0.3) is 0 Å². The first-order chi connectivity index (χ1) is 5.56. The molecule has 0 aromatic heterocycles. The second-order valence-corrected chi connectivity index (χ2v) is 2.59. The molecule has 13 heavy (non-hydrogen) atoms. The van der Waals surface area contributed by atoms with Gasteiger partial charge in [0.1, 0.15) is 0 Å². The number of carboxylic acids is 1. The average Bonchev–Trinajstić information content (AvgIpc) is 2.34. The van der Waals surface area contributed by atoms with Gasteiger partial charge in [-0.05, 0) is 13.8 Å². The van der Waals surface area contributed by atoms with Crippen LogP contribution in [-0.2, 0) is 4.79 Å². The molecule has 70 valence electrons. The van der Waals surface area contributed by atoms with Gasteiger partial charge in [0.15, 0.2) is 0 Å². The molecule has 1 aliphatic rings. The summed E-state index contributed by atoms with van der Waals surface area (Å²) in [5, 5.41) is 8.89. The summed E-state index contributed by atoms with van der Waals surface area (Å²) in [7, 11) is 2.08. The van der Waals surface area contributed by atoms with Crippen LogP contribution in [0.4, 0.5) is 0 Å². The molecule has 0 amide bonds. The van der Waals surface area contributed by atoms with Gasteiger partial charge in [-0.3, -0.25) is 0 Å². The van der Waals surface area contributed by atoms with E-state index in [0.717, 1.165) is 20.1 Å². The van der Waals surface area contributed by atoms with Gasteiger partial charge in [0.05, 0.1) is 6.67 Å². The van der Waals surface area contributed by atoms with Gasteiger partial charge in [0.25, 0.3) is 0 Å². The normalized spacial score (nSPS) is 13.2. The maximum atomic E-state index is 8.89. The first-order valence-electron chi connectivity index (χ1n) is 3.86. The Morgan fingerprint density at radius 3 is 2.15 bits per heavy atom. The number of carboxylic acid groups (broad SMARTS) is 1. The van der Waals surface area contributed by atoms with E-state index >= 15 is 0 Å². The predicted molar refractivity (Wildman–Crippen MR) is 44.8 cm³/mol. The van der Waals surface area contributed by atoms with Crippen molar-refractivity contribution in [3.05, 3.63) is 12.4 Å². The van der Waals surface area contributed by atoms with Crippen molar-refractivity contribution >= 4 is 5.97 Å². The molecule has 0 radical (unpaired) electrons. The Balaban J connectivity index is 0. The smallest absolute Gasteiger partial charge is 0.550 e. The molecule has 0 fully saturated rings. The Bertz CT molecular complexity index is 170. The molecule has 0 saturated heterocycles. The fourth-order valence-corrected chi connectivity index (χ4v) is 0.794. The zero-order valence-electron chi connectivity index (χ0n) is 8.78. The predicted octanol–water partition coefficient (Wildman–Crippen LogP) is -3.56. The van der Waals surface area contributed by atoms with Crippen molar-refractivity contribution in [1.29, 1.82) is 0 Å². The van der Waals surface area contributed by atoms with Gasteiger partial charge in [0, 0.05) is 32.0 Å². The minimum absolute atomic E-state index is 0. The van der Waals surface area contributed by atoms with Crippen LogP contribution in [0.1, 0.15) is 13.8 Å². The van der Waals surface area contributed by atoms with Crippen molar-refractivity contribution in [3.63, 3.8) is 0 Å². The summed E-state index contributed by atoms with van der Waals surface area (Å²) in [5.74, 6) is -1.08. The first-order valence-corrected chi connectivity index (χ1v) is 3.86. The minimum Gasteiger partial charge on any atom is -0.550 e. The molecule has 1 rings (SSSR count). The van der Waals surface area contributed by atoms with Crippen LogP contribution in [0, 0.1) is 0 Å². The third kappa shape index (κ3) is 10.4. The number of nitrogens with zero attached hydrogens (tertiary/aromatic N) is 2. The molecule has 4 nitrogen and oxygen atoms in total. The van der Waals surface area contributed by atoms with Gasteiger partial charge >= 0.3 is 51.4 Å². The number of aliphatic carboxylic acids is 1. The molecule has 0 aromatic rings. The van der Waals surface area contributed by atoms with E-state index in [9.17, 15) is 0 Å². The monoisotopic (exact) mass is 210 g/mol. The van der Waals surface area contributed by atoms with E-state index in [4.69, 9.17) is 9.90 Å². The van der Waals surface area contributed by atoms with Crippen LogP contribution in [0.5, 0.6) is 0 Å². The molecule has 0 N–H and O–H groups in total. The van der Waals surface area contributed by atoms with Crippen molar-refractivity contribution in [3.8, 4) is 0 Å². The van der Waals surface area contributed by atoms with Crippen LogP contribution in [0.2, 0.25) is 0 Å². The summed E-state index contributed by atoms with van der Waals surface area (Å²) in [4.78, 5) is 13.3. The molecule has 0 unspecified atom stereocenters. The maximum Gasteiger partial charge on any atom is 1.00 e. The zero-order valence-corrected chi connectivity index (χ0v) is 11.9. The van der Waals surface area contributed by atoms with E-state index in [1.54, 1.807) is 0 Å². The summed E-state index contributed by atoms with van der Waals surface area (Å²) >= 11 is 0. The number of rotatable bonds is 1. The topological polar surface area (TPSA) is 46.6 Å². The Labute approximate surface area is 122 Å². The fourth-order valence-electron chi connectivity index (χ4n) is 0.794. The van der Waals surface area contributed by atoms with Gasteiger partial charge in [-0.15, -0.1) is 0 Å². The Morgan fingerprint density at radius 1 is 1.54 bits per heavy atom. The van der Waals surface area contributed by atoms with Crippen LogP contribution in [-0.4, -0.2) is 36.0 Å². The summed E-state index contributed by atoms with van der Waals surface area (Å²) in [6, 6.07) is 0. The third-order valence-electron chi connectivity index (χ3n) is 1.34. The summed E-state index contributed by atoms with van der Waals surface area (Å²) in [6.45, 7) is 5.29. The number of carbonyl (C=O) groups is 1. The van der Waals surface area contributed by atoms with E-state index in [2.05, 4.69) is 36.2 Å². The van der Waals surface area contributed by atoms with Crippen molar-refractivity contribution in [2.24, 2.45) is 0 Å². The quantitative estimate of drug-likeness (QED) is 0.420. The van der Waals surface area contributed by atoms with Crippen LogP contribution < -0.4 is 56.5 Å². The largest absolute Gasteiger partial charge is 1.00 e. The Hall–Kier alpha value is 0.446. The van der Waals surface area contributed by atoms with Gasteiger partial charge < -0.3 is 19.7 Å². The summed E-state index contributed by atoms with van der Waals surface area (Å²) in [6.07, 6.45) is 4.20. The van der Waals surface area contributed by atoms with Gasteiger partial charge in [-0.2, -0.15) is 0 Å². The average molecular weight is 210 g/mol. The van der Waals surface area contributed by atoms with Crippen molar-refractivity contribution in [2.75, 3.05) is 20.3 Å². The zero-order chi connectivity index (χ0) is 9.56. The van der Waals surface area contributed by atoms with E-state index in [1.807, 2.05) is 0 Å². The van der Waals surface area contributed by atoms with E-state index < -0.39 is 5.97 Å². The van der Waals surface area contributed by atoms with Gasteiger partial charge in [-0.25, -0.2) is 0 Å². The van der Waals surface area contributed by atoms with Crippen LogP contribution in [0.3, 0.4) is 0 Å². The van der Waals surface area contributed by atoms with E-state index in [1.165, 1.54) is 0 Å². The molecule has 0 saturated carbocycles. The van der Waals surface area contributed by atoms with Crippen molar-refractivity contribution in [2.45, 2.75) is 13.8 Å². The number of carbonyl (C=O) groups excluding carboxylic acids is 1. The standard InChI is InChI=1S/C6H12N2.C2H4O2.K/c1-3-8-5-4-7(2)6-8;1-2(3)4;/h4-5H,3,6H2,1-2H3;1H3,(H,3,4);/q;;+1/p-1. The Morgan fingerprint density at radius 2 is 2.00 bits per heavy atom. The van der Waals surface area contributed by atoms with E-state index in [0.29, 0.717) is 0 Å². The maximum absolute atomic E-state index is 8.89. The first kappa shape index (κ1) is 15.9. The molecule has 0 aromatic carbocycles. The second kappa shape index (κ2) is 9.02. The van der Waals surface area contributed by atoms with Crippen molar-refractivity contribution in [1.82, 2.24) is 9.80 Å². The van der Waals surface area contributed by atoms with Gasteiger partial charge in [-0.1, -0.05) is 0 Å².